The van der Waals surface area contributed by atoms with E-state index in [2.05, 4.69) is 68.5 Å². The Morgan fingerprint density at radius 1 is 0.815 bits per heavy atom. The third kappa shape index (κ3) is 5.73. The van der Waals surface area contributed by atoms with Gasteiger partial charge in [-0.05, 0) is 66.0 Å². The van der Waals surface area contributed by atoms with E-state index >= 15 is 0 Å². The van der Waals surface area contributed by atoms with Crippen molar-refractivity contribution in [3.05, 3.63) is 60.2 Å². The zero-order valence-electron chi connectivity index (χ0n) is 17.0. The van der Waals surface area contributed by atoms with Crippen LogP contribution in [0.15, 0.2) is 54.6 Å². The molecule has 0 heterocycles. The van der Waals surface area contributed by atoms with E-state index in [1.165, 1.54) is 67.2 Å². The second kappa shape index (κ2) is 10.3. The van der Waals surface area contributed by atoms with Gasteiger partial charge in [-0.1, -0.05) is 82.0 Å². The first-order valence-corrected chi connectivity index (χ1v) is 10.8. The molecule has 1 atom stereocenters. The van der Waals surface area contributed by atoms with Gasteiger partial charge in [0.15, 0.2) is 0 Å². The Kier molecular flexibility index (Phi) is 7.56. The van der Waals surface area contributed by atoms with Gasteiger partial charge in [-0.3, -0.25) is 0 Å². The van der Waals surface area contributed by atoms with Crippen LogP contribution in [0.25, 0.3) is 16.7 Å². The van der Waals surface area contributed by atoms with Crippen LogP contribution in [-0.4, -0.2) is 6.61 Å². The first-order valence-electron chi connectivity index (χ1n) is 10.8. The molecule has 0 saturated heterocycles. The summed E-state index contributed by atoms with van der Waals surface area (Å²) in [6.45, 7) is 5.20. The molecule has 2 aromatic rings. The maximum atomic E-state index is 5.68. The number of hydrogen-bond acceptors (Lipinski definition) is 1. The largest absolute Gasteiger partial charge is 0.494 e. The lowest BCUT2D eigenvalue weighted by atomic mass is 9.83. The summed E-state index contributed by atoms with van der Waals surface area (Å²) in [7, 11) is 0. The molecule has 0 spiro atoms. The van der Waals surface area contributed by atoms with Crippen LogP contribution in [0, 0.1) is 5.92 Å². The van der Waals surface area contributed by atoms with Crippen molar-refractivity contribution in [2.45, 2.75) is 65.2 Å². The Hall–Kier alpha value is -2.02. The van der Waals surface area contributed by atoms with Crippen molar-refractivity contribution in [2.75, 3.05) is 6.61 Å². The molecule has 0 radical (unpaired) electrons. The fourth-order valence-electron chi connectivity index (χ4n) is 3.94. The number of hydrogen-bond donors (Lipinski definition) is 0. The van der Waals surface area contributed by atoms with Crippen LogP contribution in [0.4, 0.5) is 0 Å². The maximum absolute atomic E-state index is 5.68. The van der Waals surface area contributed by atoms with Gasteiger partial charge >= 0.3 is 0 Å². The summed E-state index contributed by atoms with van der Waals surface area (Å²) < 4.78 is 5.68. The van der Waals surface area contributed by atoms with Crippen LogP contribution in [0.5, 0.6) is 5.75 Å². The molecule has 0 aromatic heterocycles. The Labute approximate surface area is 165 Å². The lowest BCUT2D eigenvalue weighted by Crippen LogP contribution is -2.05. The van der Waals surface area contributed by atoms with Gasteiger partial charge in [0.05, 0.1) is 6.61 Å². The summed E-state index contributed by atoms with van der Waals surface area (Å²) in [5.74, 6) is 1.87. The Morgan fingerprint density at radius 2 is 1.48 bits per heavy atom. The van der Waals surface area contributed by atoms with E-state index < -0.39 is 0 Å². The fraction of sp³-hybridized carbons (Fsp3) is 0.462. The SMILES string of the molecule is CCCCCC1CC=C(c2ccc(-c3ccc(OCCC)cc3)cc2)CC1. The van der Waals surface area contributed by atoms with Gasteiger partial charge in [0, 0.05) is 0 Å². The lowest BCUT2D eigenvalue weighted by Gasteiger charge is -2.22. The molecule has 27 heavy (non-hydrogen) atoms. The molecule has 1 aliphatic carbocycles. The van der Waals surface area contributed by atoms with E-state index in [9.17, 15) is 0 Å². The van der Waals surface area contributed by atoms with Gasteiger partial charge in [-0.2, -0.15) is 0 Å². The molecular formula is C26H34O. The number of unbranched alkanes of at least 4 members (excludes halogenated alkanes) is 2. The molecule has 1 unspecified atom stereocenters. The topological polar surface area (TPSA) is 9.23 Å². The van der Waals surface area contributed by atoms with Crippen molar-refractivity contribution in [3.8, 4) is 16.9 Å². The van der Waals surface area contributed by atoms with Crippen molar-refractivity contribution in [2.24, 2.45) is 5.92 Å². The highest BCUT2D eigenvalue weighted by Crippen LogP contribution is 2.33. The normalized spacial score (nSPS) is 16.8. The summed E-state index contributed by atoms with van der Waals surface area (Å²) in [5, 5.41) is 0. The summed E-state index contributed by atoms with van der Waals surface area (Å²) in [6.07, 6.45) is 12.9. The summed E-state index contributed by atoms with van der Waals surface area (Å²) in [4.78, 5) is 0. The number of benzene rings is 2. The predicted octanol–water partition coefficient (Wildman–Crippen LogP) is 7.91. The highest BCUT2D eigenvalue weighted by molar-refractivity contribution is 5.71. The van der Waals surface area contributed by atoms with E-state index in [1.54, 1.807) is 0 Å². The van der Waals surface area contributed by atoms with Gasteiger partial charge in [0.25, 0.3) is 0 Å². The van der Waals surface area contributed by atoms with Crippen molar-refractivity contribution < 1.29 is 4.74 Å². The molecule has 2 aromatic carbocycles. The Balaban J connectivity index is 1.59. The smallest absolute Gasteiger partial charge is 0.119 e. The van der Waals surface area contributed by atoms with E-state index in [1.807, 2.05) is 0 Å². The second-order valence-electron chi connectivity index (χ2n) is 7.82. The van der Waals surface area contributed by atoms with E-state index in [-0.39, 0.29) is 0 Å². The van der Waals surface area contributed by atoms with Crippen molar-refractivity contribution in [3.63, 3.8) is 0 Å². The maximum Gasteiger partial charge on any atom is 0.119 e. The number of ether oxygens (including phenoxy) is 1. The molecule has 0 saturated carbocycles. The minimum atomic E-state index is 0.780. The van der Waals surface area contributed by atoms with Crippen LogP contribution < -0.4 is 4.74 Å². The molecule has 1 heteroatoms. The summed E-state index contributed by atoms with van der Waals surface area (Å²) in [6, 6.07) is 17.5. The molecule has 0 bridgehead atoms. The minimum Gasteiger partial charge on any atom is -0.494 e. The molecule has 144 valence electrons. The van der Waals surface area contributed by atoms with Crippen LogP contribution in [0.3, 0.4) is 0 Å². The monoisotopic (exact) mass is 362 g/mol. The Morgan fingerprint density at radius 3 is 2.07 bits per heavy atom. The average Bonchev–Trinajstić information content (AvgIpc) is 2.73. The van der Waals surface area contributed by atoms with Crippen molar-refractivity contribution >= 4 is 5.57 Å². The lowest BCUT2D eigenvalue weighted by molar-refractivity contribution is 0.317. The van der Waals surface area contributed by atoms with Gasteiger partial charge in [0.1, 0.15) is 5.75 Å². The van der Waals surface area contributed by atoms with Crippen LogP contribution in [0.2, 0.25) is 0 Å². The second-order valence-corrected chi connectivity index (χ2v) is 7.82. The first kappa shape index (κ1) is 19.7. The molecule has 0 N–H and O–H groups in total. The molecule has 1 aliphatic rings. The van der Waals surface area contributed by atoms with Gasteiger partial charge in [-0.25, -0.2) is 0 Å². The number of allylic oxidation sites excluding steroid dienone is 2. The molecule has 0 amide bonds. The van der Waals surface area contributed by atoms with Gasteiger partial charge < -0.3 is 4.74 Å². The highest BCUT2D eigenvalue weighted by Gasteiger charge is 2.15. The van der Waals surface area contributed by atoms with Crippen molar-refractivity contribution in [1.29, 1.82) is 0 Å². The quantitative estimate of drug-likeness (QED) is 0.412. The highest BCUT2D eigenvalue weighted by atomic mass is 16.5. The molecular weight excluding hydrogens is 328 g/mol. The van der Waals surface area contributed by atoms with Crippen LogP contribution in [0.1, 0.15) is 70.8 Å². The van der Waals surface area contributed by atoms with E-state index in [0.29, 0.717) is 0 Å². The summed E-state index contributed by atoms with van der Waals surface area (Å²) in [5.41, 5.74) is 5.46. The van der Waals surface area contributed by atoms with E-state index in [4.69, 9.17) is 4.74 Å². The molecule has 1 nitrogen and oxygen atoms in total. The van der Waals surface area contributed by atoms with Crippen molar-refractivity contribution in [1.82, 2.24) is 0 Å². The van der Waals surface area contributed by atoms with Crippen LogP contribution >= 0.6 is 0 Å². The van der Waals surface area contributed by atoms with Crippen LogP contribution in [-0.2, 0) is 0 Å². The first-order chi connectivity index (χ1) is 13.3. The average molecular weight is 363 g/mol. The predicted molar refractivity (Wildman–Crippen MR) is 117 cm³/mol. The fourth-order valence-corrected chi connectivity index (χ4v) is 3.94. The molecule has 0 fully saturated rings. The summed E-state index contributed by atoms with van der Waals surface area (Å²) >= 11 is 0. The van der Waals surface area contributed by atoms with E-state index in [0.717, 1.165) is 24.7 Å². The third-order valence-electron chi connectivity index (χ3n) is 5.65. The third-order valence-corrected chi connectivity index (χ3v) is 5.65. The standard InChI is InChI=1S/C26H34O/c1-3-5-6-7-21-8-10-22(11-9-21)23-12-14-24(15-13-23)25-16-18-26(19-17-25)27-20-4-2/h10,12-19,21H,3-9,11,20H2,1-2H3. The zero-order valence-corrected chi connectivity index (χ0v) is 17.0. The number of rotatable bonds is 9. The Bertz CT molecular complexity index is 709. The molecule has 0 aliphatic heterocycles. The molecule has 3 rings (SSSR count). The van der Waals surface area contributed by atoms with Gasteiger partial charge in [-0.15, -0.1) is 0 Å². The minimum absolute atomic E-state index is 0.780. The zero-order chi connectivity index (χ0) is 18.9. The van der Waals surface area contributed by atoms with Gasteiger partial charge in [0.2, 0.25) is 0 Å².